The number of carbonyl (C=O) groups is 1. The predicted octanol–water partition coefficient (Wildman–Crippen LogP) is 3.12. The summed E-state index contributed by atoms with van der Waals surface area (Å²) >= 11 is 0. The van der Waals surface area contributed by atoms with Crippen molar-refractivity contribution < 1.29 is 9.90 Å². The topological polar surface area (TPSA) is 40.5 Å². The van der Waals surface area contributed by atoms with E-state index < -0.39 is 0 Å². The van der Waals surface area contributed by atoms with Gasteiger partial charge in [-0.25, -0.2) is 0 Å². The molecule has 1 heterocycles. The molecule has 0 fully saturated rings. The normalized spacial score (nSPS) is 14.4. The Hall–Kier alpha value is -2.29. The average Bonchev–Trinajstić information content (AvgIpc) is 2.41. The van der Waals surface area contributed by atoms with Gasteiger partial charge in [0.25, 0.3) is 0 Å². The molecule has 18 heavy (non-hydrogen) atoms. The molecule has 0 saturated carbocycles. The van der Waals surface area contributed by atoms with Gasteiger partial charge in [0.15, 0.2) is 5.78 Å². The first-order chi connectivity index (χ1) is 8.75. The number of benzene rings is 2. The minimum atomic E-state index is 0.195. The van der Waals surface area contributed by atoms with Crippen molar-refractivity contribution in [3.8, 4) is 5.75 Å². The van der Waals surface area contributed by atoms with Gasteiger partial charge in [0.2, 0.25) is 0 Å². The van der Waals surface area contributed by atoms with Crippen molar-refractivity contribution in [1.29, 1.82) is 0 Å². The van der Waals surface area contributed by atoms with Crippen LogP contribution in [0.15, 0.2) is 48.5 Å². The van der Waals surface area contributed by atoms with Crippen molar-refractivity contribution in [2.45, 2.75) is 6.42 Å². The number of phenols is 1. The van der Waals surface area contributed by atoms with Crippen LogP contribution in [0.1, 0.15) is 16.8 Å². The number of Topliss-reactive ketones (excluding diaryl/α,β-unsaturated/α-hetero) is 1. The molecule has 3 rings (SSSR count). The molecule has 2 aromatic rings. The number of carbonyl (C=O) groups excluding carboxylic acids is 1. The number of para-hydroxylation sites is 1. The monoisotopic (exact) mass is 239 g/mol. The Morgan fingerprint density at radius 2 is 1.72 bits per heavy atom. The Morgan fingerprint density at radius 3 is 2.50 bits per heavy atom. The summed E-state index contributed by atoms with van der Waals surface area (Å²) in [6.45, 7) is 0.681. The second-order valence-electron chi connectivity index (χ2n) is 4.36. The lowest BCUT2D eigenvalue weighted by Crippen LogP contribution is -2.27. The van der Waals surface area contributed by atoms with Crippen LogP contribution in [-0.2, 0) is 0 Å². The fourth-order valence-electron chi connectivity index (χ4n) is 2.31. The van der Waals surface area contributed by atoms with E-state index in [0.29, 0.717) is 13.0 Å². The zero-order valence-electron chi connectivity index (χ0n) is 9.84. The highest BCUT2D eigenvalue weighted by atomic mass is 16.3. The van der Waals surface area contributed by atoms with E-state index in [1.54, 1.807) is 12.1 Å². The van der Waals surface area contributed by atoms with Gasteiger partial charge >= 0.3 is 0 Å². The van der Waals surface area contributed by atoms with Crippen LogP contribution in [0.2, 0.25) is 0 Å². The molecule has 0 unspecified atom stereocenters. The van der Waals surface area contributed by atoms with E-state index in [1.165, 1.54) is 0 Å². The molecular weight excluding hydrogens is 226 g/mol. The summed E-state index contributed by atoms with van der Waals surface area (Å²) in [4.78, 5) is 14.0. The van der Waals surface area contributed by atoms with E-state index in [2.05, 4.69) is 4.90 Å². The van der Waals surface area contributed by atoms with Gasteiger partial charge in [0.1, 0.15) is 5.75 Å². The highest BCUT2D eigenvalue weighted by Gasteiger charge is 2.23. The first-order valence-corrected chi connectivity index (χ1v) is 5.94. The number of ketones is 1. The fourth-order valence-corrected chi connectivity index (χ4v) is 2.31. The predicted molar refractivity (Wildman–Crippen MR) is 70.5 cm³/mol. The van der Waals surface area contributed by atoms with Crippen LogP contribution in [-0.4, -0.2) is 17.4 Å². The summed E-state index contributed by atoms with van der Waals surface area (Å²) in [7, 11) is 0. The number of fused-ring (bicyclic) bond motifs is 1. The molecule has 0 amide bonds. The van der Waals surface area contributed by atoms with Gasteiger partial charge in [0.05, 0.1) is 5.69 Å². The van der Waals surface area contributed by atoms with Gasteiger partial charge in [-0.3, -0.25) is 4.79 Å². The van der Waals surface area contributed by atoms with Crippen LogP contribution in [0, 0.1) is 0 Å². The molecule has 3 nitrogen and oxygen atoms in total. The van der Waals surface area contributed by atoms with Gasteiger partial charge < -0.3 is 10.0 Å². The van der Waals surface area contributed by atoms with Crippen LogP contribution < -0.4 is 4.90 Å². The Balaban J connectivity index is 2.07. The van der Waals surface area contributed by atoms with Crippen molar-refractivity contribution in [2.24, 2.45) is 0 Å². The Labute approximate surface area is 105 Å². The molecule has 0 spiro atoms. The highest BCUT2D eigenvalue weighted by Crippen LogP contribution is 2.33. The second kappa shape index (κ2) is 4.18. The molecule has 0 radical (unpaired) electrons. The Morgan fingerprint density at radius 1 is 1.00 bits per heavy atom. The third-order valence-corrected chi connectivity index (χ3v) is 3.22. The van der Waals surface area contributed by atoms with Gasteiger partial charge in [-0.05, 0) is 36.4 Å². The summed E-state index contributed by atoms with van der Waals surface area (Å²) in [6, 6.07) is 14.7. The lowest BCUT2D eigenvalue weighted by Gasteiger charge is -2.30. The molecule has 3 heteroatoms. The largest absolute Gasteiger partial charge is 0.508 e. The van der Waals surface area contributed by atoms with Crippen LogP contribution in [0.3, 0.4) is 0 Å². The number of rotatable bonds is 1. The molecule has 1 aliphatic rings. The lowest BCUT2D eigenvalue weighted by molar-refractivity contribution is 0.0981. The molecule has 2 aromatic carbocycles. The molecule has 0 saturated heterocycles. The van der Waals surface area contributed by atoms with Crippen LogP contribution in [0.5, 0.6) is 5.75 Å². The zero-order chi connectivity index (χ0) is 12.5. The first-order valence-electron chi connectivity index (χ1n) is 5.94. The zero-order valence-corrected chi connectivity index (χ0v) is 9.84. The summed E-state index contributed by atoms with van der Waals surface area (Å²) < 4.78 is 0. The summed E-state index contributed by atoms with van der Waals surface area (Å²) in [6.07, 6.45) is 0.526. The number of anilines is 2. The van der Waals surface area contributed by atoms with Crippen molar-refractivity contribution >= 4 is 17.2 Å². The second-order valence-corrected chi connectivity index (χ2v) is 4.36. The number of aromatic hydroxyl groups is 1. The molecular formula is C15H13NO2. The standard InChI is InChI=1S/C15H13NO2/c17-12-7-5-11(6-8-12)16-10-9-15(18)13-3-1-2-4-14(13)16/h1-8,17H,9-10H2. The quantitative estimate of drug-likeness (QED) is 0.831. The fraction of sp³-hybridized carbons (Fsp3) is 0.133. The van der Waals surface area contributed by atoms with Gasteiger partial charge in [-0.2, -0.15) is 0 Å². The number of nitrogens with zero attached hydrogens (tertiary/aromatic N) is 1. The average molecular weight is 239 g/mol. The van der Waals surface area contributed by atoms with E-state index in [9.17, 15) is 9.90 Å². The molecule has 0 aliphatic carbocycles. The van der Waals surface area contributed by atoms with E-state index in [1.807, 2.05) is 36.4 Å². The maximum atomic E-state index is 11.8. The van der Waals surface area contributed by atoms with E-state index >= 15 is 0 Å². The lowest BCUT2D eigenvalue weighted by atomic mass is 10.00. The van der Waals surface area contributed by atoms with Gasteiger partial charge in [-0.15, -0.1) is 0 Å². The first kappa shape index (κ1) is 10.8. The molecule has 0 aromatic heterocycles. The van der Waals surface area contributed by atoms with Crippen LogP contribution >= 0.6 is 0 Å². The smallest absolute Gasteiger partial charge is 0.166 e. The summed E-state index contributed by atoms with van der Waals surface area (Å²) in [5, 5.41) is 9.32. The van der Waals surface area contributed by atoms with Gasteiger partial charge in [0, 0.05) is 24.2 Å². The number of phenolic OH excluding ortho intramolecular Hbond substituents is 1. The summed E-state index contributed by atoms with van der Waals surface area (Å²) in [5.74, 6) is 0.445. The maximum absolute atomic E-state index is 11.8. The third kappa shape index (κ3) is 1.74. The minimum Gasteiger partial charge on any atom is -0.508 e. The SMILES string of the molecule is O=C1CCN(c2ccc(O)cc2)c2ccccc21. The highest BCUT2D eigenvalue weighted by molar-refractivity contribution is 6.04. The van der Waals surface area contributed by atoms with Crippen LogP contribution in [0.25, 0.3) is 0 Å². The Kier molecular flexibility index (Phi) is 2.52. The van der Waals surface area contributed by atoms with Crippen LogP contribution in [0.4, 0.5) is 11.4 Å². The molecule has 1 aliphatic heterocycles. The molecule has 0 atom stereocenters. The molecule has 0 bridgehead atoms. The summed E-state index contributed by atoms with van der Waals surface area (Å²) in [5.41, 5.74) is 2.71. The number of hydrogen-bond donors (Lipinski definition) is 1. The third-order valence-electron chi connectivity index (χ3n) is 3.22. The van der Waals surface area contributed by atoms with Gasteiger partial charge in [-0.1, -0.05) is 12.1 Å². The Bertz CT molecular complexity index is 590. The number of hydrogen-bond acceptors (Lipinski definition) is 3. The molecule has 1 N–H and O–H groups in total. The molecule has 90 valence electrons. The minimum absolute atomic E-state index is 0.195. The van der Waals surface area contributed by atoms with E-state index in [4.69, 9.17) is 0 Å². The van der Waals surface area contributed by atoms with E-state index in [-0.39, 0.29) is 11.5 Å². The van der Waals surface area contributed by atoms with Crippen molar-refractivity contribution in [3.05, 3.63) is 54.1 Å². The van der Waals surface area contributed by atoms with Crippen molar-refractivity contribution in [2.75, 3.05) is 11.4 Å². The maximum Gasteiger partial charge on any atom is 0.166 e. The van der Waals surface area contributed by atoms with Crippen molar-refractivity contribution in [3.63, 3.8) is 0 Å². The van der Waals surface area contributed by atoms with E-state index in [0.717, 1.165) is 16.9 Å². The van der Waals surface area contributed by atoms with Crippen molar-refractivity contribution in [1.82, 2.24) is 0 Å².